The van der Waals surface area contributed by atoms with Crippen LogP contribution in [-0.4, -0.2) is 58.6 Å². The zero-order valence-electron chi connectivity index (χ0n) is 11.5. The highest BCUT2D eigenvalue weighted by Crippen LogP contribution is 2.10. The molecule has 2 heterocycles. The molecule has 1 aliphatic heterocycles. The van der Waals surface area contributed by atoms with Gasteiger partial charge in [-0.15, -0.1) is 0 Å². The predicted molar refractivity (Wildman–Crippen MR) is 68.9 cm³/mol. The summed E-state index contributed by atoms with van der Waals surface area (Å²) in [6.45, 7) is 4.52. The van der Waals surface area contributed by atoms with E-state index in [9.17, 15) is 9.59 Å². The minimum Gasteiger partial charge on any atom is -0.451 e. The van der Waals surface area contributed by atoms with Crippen LogP contribution in [0.2, 0.25) is 0 Å². The number of carbonyl (C=O) groups excluding carboxylic acids is 2. The van der Waals surface area contributed by atoms with Crippen LogP contribution < -0.4 is 0 Å². The summed E-state index contributed by atoms with van der Waals surface area (Å²) in [5, 5.41) is 0. The molecule has 0 N–H and O–H groups in total. The average Bonchev–Trinajstić information content (AvgIpc) is 2.44. The van der Waals surface area contributed by atoms with Crippen molar-refractivity contribution < 1.29 is 19.1 Å². The number of esters is 1. The summed E-state index contributed by atoms with van der Waals surface area (Å²) >= 11 is 0. The molecule has 2 rings (SSSR count). The van der Waals surface area contributed by atoms with Gasteiger partial charge in [0.05, 0.1) is 18.4 Å². The predicted octanol–water partition coefficient (Wildman–Crippen LogP) is 0.269. The Morgan fingerprint density at radius 2 is 2.05 bits per heavy atom. The van der Waals surface area contributed by atoms with Crippen molar-refractivity contribution in [2.24, 2.45) is 0 Å². The monoisotopic (exact) mass is 279 g/mol. The molecule has 1 saturated heterocycles. The second kappa shape index (κ2) is 6.42. The Bertz CT molecular complexity index is 470. The first-order valence-electron chi connectivity index (χ1n) is 6.42. The molecule has 2 atom stereocenters. The van der Waals surface area contributed by atoms with E-state index >= 15 is 0 Å². The standard InChI is InChI=1S/C13H17N3O4/c1-9-6-16(7-10(2)20-9)12(17)8-19-13(18)11-5-14-3-4-15-11/h3-5,9-10H,6-8H2,1-2H3/t9-,10+. The first kappa shape index (κ1) is 14.4. The van der Waals surface area contributed by atoms with Gasteiger partial charge in [0.15, 0.2) is 12.3 Å². The minimum atomic E-state index is -0.652. The fourth-order valence-corrected chi connectivity index (χ4v) is 2.08. The van der Waals surface area contributed by atoms with Crippen LogP contribution >= 0.6 is 0 Å². The van der Waals surface area contributed by atoms with Crippen LogP contribution in [0.5, 0.6) is 0 Å². The molecule has 0 bridgehead atoms. The van der Waals surface area contributed by atoms with Crippen molar-refractivity contribution in [1.29, 1.82) is 0 Å². The van der Waals surface area contributed by atoms with Crippen LogP contribution in [0.25, 0.3) is 0 Å². The molecule has 1 amide bonds. The quantitative estimate of drug-likeness (QED) is 0.739. The Morgan fingerprint density at radius 1 is 1.35 bits per heavy atom. The van der Waals surface area contributed by atoms with Crippen molar-refractivity contribution in [2.75, 3.05) is 19.7 Å². The van der Waals surface area contributed by atoms with Gasteiger partial charge in [-0.3, -0.25) is 9.78 Å². The van der Waals surface area contributed by atoms with Gasteiger partial charge < -0.3 is 14.4 Å². The number of amides is 1. The smallest absolute Gasteiger partial charge is 0.359 e. The van der Waals surface area contributed by atoms with Crippen molar-refractivity contribution in [3.8, 4) is 0 Å². The molecule has 0 saturated carbocycles. The topological polar surface area (TPSA) is 81.6 Å². The van der Waals surface area contributed by atoms with Gasteiger partial charge in [-0.2, -0.15) is 0 Å². The summed E-state index contributed by atoms with van der Waals surface area (Å²) in [6.07, 6.45) is 4.12. The molecule has 1 aliphatic rings. The SMILES string of the molecule is C[C@@H]1CN(C(=O)COC(=O)c2cnccn2)C[C@H](C)O1. The zero-order chi connectivity index (χ0) is 14.5. The summed E-state index contributed by atoms with van der Waals surface area (Å²) < 4.78 is 10.5. The van der Waals surface area contributed by atoms with Gasteiger partial charge in [-0.25, -0.2) is 9.78 Å². The van der Waals surface area contributed by atoms with Crippen molar-refractivity contribution in [3.05, 3.63) is 24.3 Å². The maximum Gasteiger partial charge on any atom is 0.359 e. The third-order valence-electron chi connectivity index (χ3n) is 2.87. The molecule has 0 unspecified atom stereocenters. The maximum atomic E-state index is 12.0. The Hall–Kier alpha value is -2.02. The van der Waals surface area contributed by atoms with Crippen LogP contribution in [0.3, 0.4) is 0 Å². The number of aromatic nitrogens is 2. The van der Waals surface area contributed by atoms with Crippen molar-refractivity contribution in [1.82, 2.24) is 14.9 Å². The molecule has 20 heavy (non-hydrogen) atoms. The van der Waals surface area contributed by atoms with Crippen LogP contribution in [-0.2, 0) is 14.3 Å². The van der Waals surface area contributed by atoms with Gasteiger partial charge >= 0.3 is 5.97 Å². The molecule has 1 aromatic rings. The van der Waals surface area contributed by atoms with E-state index in [2.05, 4.69) is 9.97 Å². The summed E-state index contributed by atoms with van der Waals surface area (Å²) in [6, 6.07) is 0. The highest BCUT2D eigenvalue weighted by atomic mass is 16.5. The Morgan fingerprint density at radius 3 is 2.65 bits per heavy atom. The van der Waals surface area contributed by atoms with Crippen molar-refractivity contribution >= 4 is 11.9 Å². The number of morpholine rings is 1. The van der Waals surface area contributed by atoms with Gasteiger partial charge in [0, 0.05) is 25.5 Å². The van der Waals surface area contributed by atoms with Crippen molar-refractivity contribution in [3.63, 3.8) is 0 Å². The first-order valence-corrected chi connectivity index (χ1v) is 6.42. The van der Waals surface area contributed by atoms with E-state index in [1.165, 1.54) is 18.6 Å². The summed E-state index contributed by atoms with van der Waals surface area (Å²) in [5.74, 6) is -0.884. The molecule has 0 aromatic carbocycles. The molecule has 1 aromatic heterocycles. The van der Waals surface area contributed by atoms with Gasteiger partial charge in [-0.05, 0) is 13.8 Å². The van der Waals surface area contributed by atoms with Gasteiger partial charge in [0.2, 0.25) is 0 Å². The van der Waals surface area contributed by atoms with Crippen molar-refractivity contribution in [2.45, 2.75) is 26.1 Å². The number of nitrogens with zero attached hydrogens (tertiary/aromatic N) is 3. The minimum absolute atomic E-state index is 0.0154. The highest BCUT2D eigenvalue weighted by Gasteiger charge is 2.26. The van der Waals surface area contributed by atoms with E-state index < -0.39 is 5.97 Å². The second-order valence-corrected chi connectivity index (χ2v) is 4.72. The molecule has 0 radical (unpaired) electrons. The Kier molecular flexibility index (Phi) is 4.62. The van der Waals surface area contributed by atoms with Gasteiger partial charge in [0.25, 0.3) is 5.91 Å². The lowest BCUT2D eigenvalue weighted by atomic mass is 10.2. The third kappa shape index (κ3) is 3.74. The average molecular weight is 279 g/mol. The molecule has 7 nitrogen and oxygen atoms in total. The summed E-state index contributed by atoms with van der Waals surface area (Å²) in [7, 11) is 0. The fraction of sp³-hybridized carbons (Fsp3) is 0.538. The largest absolute Gasteiger partial charge is 0.451 e. The normalized spacial score (nSPS) is 22.4. The van der Waals surface area contributed by atoms with E-state index in [0.717, 1.165) is 0 Å². The third-order valence-corrected chi connectivity index (χ3v) is 2.87. The molecule has 0 aliphatic carbocycles. The summed E-state index contributed by atoms with van der Waals surface area (Å²) in [5.41, 5.74) is 0.0870. The van der Waals surface area contributed by atoms with Crippen LogP contribution in [0, 0.1) is 0 Å². The molecule has 7 heteroatoms. The Labute approximate surface area is 116 Å². The molecule has 108 valence electrons. The lowest BCUT2D eigenvalue weighted by molar-refractivity contribution is -0.146. The first-order chi connectivity index (χ1) is 9.56. The lowest BCUT2D eigenvalue weighted by Crippen LogP contribution is -2.49. The van der Waals surface area contributed by atoms with E-state index in [4.69, 9.17) is 9.47 Å². The summed E-state index contributed by atoms with van der Waals surface area (Å²) in [4.78, 5) is 32.8. The molecular weight excluding hydrogens is 262 g/mol. The number of hydrogen-bond donors (Lipinski definition) is 0. The number of ether oxygens (including phenoxy) is 2. The Balaban J connectivity index is 1.84. The molecule has 1 fully saturated rings. The van der Waals surface area contributed by atoms with E-state index in [-0.39, 0.29) is 30.4 Å². The fourth-order valence-electron chi connectivity index (χ4n) is 2.08. The van der Waals surface area contributed by atoms with E-state index in [0.29, 0.717) is 13.1 Å². The van der Waals surface area contributed by atoms with Crippen LogP contribution in [0.1, 0.15) is 24.3 Å². The van der Waals surface area contributed by atoms with E-state index in [1.54, 1.807) is 4.90 Å². The zero-order valence-corrected chi connectivity index (χ0v) is 11.5. The number of carbonyl (C=O) groups is 2. The number of hydrogen-bond acceptors (Lipinski definition) is 6. The molecular formula is C13H17N3O4. The highest BCUT2D eigenvalue weighted by molar-refractivity contribution is 5.89. The van der Waals surface area contributed by atoms with Gasteiger partial charge in [0.1, 0.15) is 0 Å². The van der Waals surface area contributed by atoms with Crippen LogP contribution in [0.4, 0.5) is 0 Å². The second-order valence-electron chi connectivity index (χ2n) is 4.72. The molecule has 0 spiro atoms. The maximum absolute atomic E-state index is 12.0. The van der Waals surface area contributed by atoms with Crippen LogP contribution in [0.15, 0.2) is 18.6 Å². The lowest BCUT2D eigenvalue weighted by Gasteiger charge is -2.35. The number of rotatable bonds is 3. The van der Waals surface area contributed by atoms with Gasteiger partial charge in [-0.1, -0.05) is 0 Å². The van der Waals surface area contributed by atoms with E-state index in [1.807, 2.05) is 13.8 Å².